The molecule has 0 unspecified atom stereocenters. The maximum atomic E-state index is 13.8. The van der Waals surface area contributed by atoms with Crippen LogP contribution in [0.4, 0.5) is 10.1 Å². The molecule has 3 aromatic carbocycles. The van der Waals surface area contributed by atoms with Crippen LogP contribution < -0.4 is 9.62 Å². The van der Waals surface area contributed by atoms with E-state index in [2.05, 4.69) is 5.32 Å². The fraction of sp³-hybridized carbons (Fsp3) is 0.310. The predicted octanol–water partition coefficient (Wildman–Crippen LogP) is 5.17. The minimum Gasteiger partial charge on any atom is -0.354 e. The molecule has 0 fully saturated rings. The molecule has 3 rings (SSSR count). The van der Waals surface area contributed by atoms with Crippen LogP contribution in [-0.2, 0) is 26.2 Å². The van der Waals surface area contributed by atoms with Gasteiger partial charge in [-0.1, -0.05) is 67.4 Å². The van der Waals surface area contributed by atoms with Gasteiger partial charge in [-0.25, -0.2) is 12.8 Å². The second-order valence-electron chi connectivity index (χ2n) is 9.74. The molecular weight excluding hydrogens is 541 g/mol. The Kier molecular flexibility index (Phi) is 10.1. The van der Waals surface area contributed by atoms with Crippen LogP contribution in [0.5, 0.6) is 0 Å². The summed E-state index contributed by atoms with van der Waals surface area (Å²) >= 11 is 6.40. The normalized spacial score (nSPS) is 12.2. The van der Waals surface area contributed by atoms with E-state index in [0.29, 0.717) is 12.1 Å². The Bertz CT molecular complexity index is 1400. The Morgan fingerprint density at radius 3 is 2.15 bits per heavy atom. The Balaban J connectivity index is 2.02. The van der Waals surface area contributed by atoms with Crippen molar-refractivity contribution >= 4 is 39.1 Å². The maximum Gasteiger partial charge on any atom is 0.264 e. The first-order chi connectivity index (χ1) is 18.4. The van der Waals surface area contributed by atoms with Crippen LogP contribution in [0.1, 0.15) is 31.9 Å². The summed E-state index contributed by atoms with van der Waals surface area (Å²) in [4.78, 5) is 28.1. The molecule has 0 spiro atoms. The lowest BCUT2D eigenvalue weighted by Gasteiger charge is -2.32. The molecule has 0 saturated carbocycles. The minimum absolute atomic E-state index is 0.00590. The summed E-state index contributed by atoms with van der Waals surface area (Å²) < 4.78 is 42.1. The van der Waals surface area contributed by atoms with Crippen LogP contribution in [-0.4, -0.2) is 44.3 Å². The number of rotatable bonds is 11. The molecule has 1 atom stereocenters. The van der Waals surface area contributed by atoms with Gasteiger partial charge in [-0.15, -0.1) is 0 Å². The first kappa shape index (κ1) is 30.1. The lowest BCUT2D eigenvalue weighted by Crippen LogP contribution is -2.51. The Morgan fingerprint density at radius 1 is 0.949 bits per heavy atom. The summed E-state index contributed by atoms with van der Waals surface area (Å²) in [7, 11) is -4.22. The first-order valence-corrected chi connectivity index (χ1v) is 14.4. The number of carbonyl (C=O) groups excluding carboxylic acids is 2. The Labute approximate surface area is 234 Å². The fourth-order valence-electron chi connectivity index (χ4n) is 3.83. The van der Waals surface area contributed by atoms with Crippen LogP contribution in [0.15, 0.2) is 77.7 Å². The van der Waals surface area contributed by atoms with E-state index in [1.165, 1.54) is 53.4 Å². The standard InChI is InChI=1S/C29H33ClFN3O4S/c1-20(2)17-32-29(36)22(4)33(18-23-11-13-24(31)14-12-23)28(35)19-34(27-8-6-5-7-26(27)30)39(37,38)25-15-9-21(3)10-16-25/h5-16,20,22H,17-19H2,1-4H3,(H,32,36)/t22-/m1/s1. The third-order valence-electron chi connectivity index (χ3n) is 6.13. The number of benzene rings is 3. The van der Waals surface area contributed by atoms with Crippen molar-refractivity contribution in [2.24, 2.45) is 5.92 Å². The number of carbonyl (C=O) groups is 2. The number of anilines is 1. The highest BCUT2D eigenvalue weighted by molar-refractivity contribution is 7.92. The molecule has 10 heteroatoms. The first-order valence-electron chi connectivity index (χ1n) is 12.6. The van der Waals surface area contributed by atoms with Gasteiger partial charge in [0.2, 0.25) is 11.8 Å². The van der Waals surface area contributed by atoms with Crippen LogP contribution in [0.25, 0.3) is 0 Å². The van der Waals surface area contributed by atoms with Crippen molar-refractivity contribution in [2.75, 3.05) is 17.4 Å². The molecule has 0 aromatic heterocycles. The molecule has 0 radical (unpaired) electrons. The average Bonchev–Trinajstić information content (AvgIpc) is 2.90. The smallest absolute Gasteiger partial charge is 0.264 e. The highest BCUT2D eigenvalue weighted by Crippen LogP contribution is 2.31. The summed E-state index contributed by atoms with van der Waals surface area (Å²) in [5.41, 5.74) is 1.59. The number of sulfonamides is 1. The van der Waals surface area contributed by atoms with E-state index in [0.717, 1.165) is 9.87 Å². The third-order valence-corrected chi connectivity index (χ3v) is 8.22. The van der Waals surface area contributed by atoms with Crippen molar-refractivity contribution in [2.45, 2.75) is 45.2 Å². The van der Waals surface area contributed by atoms with E-state index in [4.69, 9.17) is 11.6 Å². The zero-order valence-corrected chi connectivity index (χ0v) is 24.0. The third kappa shape index (κ3) is 7.80. The number of halogens is 2. The van der Waals surface area contributed by atoms with Crippen molar-refractivity contribution in [3.05, 3.63) is 94.8 Å². The molecule has 0 bridgehead atoms. The molecule has 208 valence electrons. The number of para-hydroxylation sites is 1. The molecule has 0 heterocycles. The Morgan fingerprint density at radius 2 is 1.56 bits per heavy atom. The van der Waals surface area contributed by atoms with Crippen molar-refractivity contribution in [1.82, 2.24) is 10.2 Å². The highest BCUT2D eigenvalue weighted by Gasteiger charge is 2.33. The van der Waals surface area contributed by atoms with E-state index in [1.807, 2.05) is 20.8 Å². The molecule has 0 aliphatic rings. The van der Waals surface area contributed by atoms with Crippen LogP contribution in [0.3, 0.4) is 0 Å². The lowest BCUT2D eigenvalue weighted by molar-refractivity contribution is -0.139. The van der Waals surface area contributed by atoms with Crippen molar-refractivity contribution in [1.29, 1.82) is 0 Å². The molecule has 1 N–H and O–H groups in total. The van der Waals surface area contributed by atoms with Crippen LogP contribution in [0, 0.1) is 18.7 Å². The second-order valence-corrected chi connectivity index (χ2v) is 12.0. The molecule has 0 aliphatic carbocycles. The topological polar surface area (TPSA) is 86.8 Å². The molecule has 39 heavy (non-hydrogen) atoms. The zero-order chi connectivity index (χ0) is 28.7. The average molecular weight is 574 g/mol. The van der Waals surface area contributed by atoms with Crippen molar-refractivity contribution in [3.8, 4) is 0 Å². The summed E-state index contributed by atoms with van der Waals surface area (Å²) in [6.45, 7) is 7.08. The summed E-state index contributed by atoms with van der Waals surface area (Å²) in [6.07, 6.45) is 0. The predicted molar refractivity (Wildman–Crippen MR) is 151 cm³/mol. The largest absolute Gasteiger partial charge is 0.354 e. The molecule has 0 aliphatic heterocycles. The molecule has 3 aromatic rings. The van der Waals surface area contributed by atoms with Gasteiger partial charge in [0.25, 0.3) is 10.0 Å². The number of nitrogens with one attached hydrogen (secondary N) is 1. The summed E-state index contributed by atoms with van der Waals surface area (Å²) in [5.74, 6) is -1.25. The zero-order valence-electron chi connectivity index (χ0n) is 22.4. The molecular formula is C29H33ClFN3O4S. The van der Waals surface area contributed by atoms with Gasteiger partial charge in [0, 0.05) is 13.1 Å². The lowest BCUT2D eigenvalue weighted by atomic mass is 10.1. The van der Waals surface area contributed by atoms with Gasteiger partial charge in [-0.05, 0) is 61.7 Å². The van der Waals surface area contributed by atoms with E-state index >= 15 is 0 Å². The second kappa shape index (κ2) is 13.1. The number of hydrogen-bond acceptors (Lipinski definition) is 4. The Hall–Kier alpha value is -3.43. The van der Waals surface area contributed by atoms with E-state index < -0.39 is 34.3 Å². The minimum atomic E-state index is -4.22. The van der Waals surface area contributed by atoms with Crippen molar-refractivity contribution in [3.63, 3.8) is 0 Å². The fourth-order valence-corrected chi connectivity index (χ4v) is 5.55. The van der Waals surface area contributed by atoms with Gasteiger partial charge >= 0.3 is 0 Å². The highest BCUT2D eigenvalue weighted by atomic mass is 35.5. The number of nitrogens with zero attached hydrogens (tertiary/aromatic N) is 2. The molecule has 7 nitrogen and oxygen atoms in total. The van der Waals surface area contributed by atoms with Gasteiger partial charge in [0.05, 0.1) is 15.6 Å². The number of aryl methyl sites for hydroxylation is 1. The SMILES string of the molecule is Cc1ccc(S(=O)(=O)N(CC(=O)N(Cc2ccc(F)cc2)[C@H](C)C(=O)NCC(C)C)c2ccccc2Cl)cc1. The summed E-state index contributed by atoms with van der Waals surface area (Å²) in [6, 6.07) is 17.2. The monoisotopic (exact) mass is 573 g/mol. The van der Waals surface area contributed by atoms with Gasteiger partial charge < -0.3 is 10.2 Å². The number of amides is 2. The van der Waals surface area contributed by atoms with E-state index in [-0.39, 0.29) is 34.0 Å². The van der Waals surface area contributed by atoms with E-state index in [1.54, 1.807) is 31.2 Å². The van der Waals surface area contributed by atoms with Gasteiger partial charge in [-0.3, -0.25) is 13.9 Å². The van der Waals surface area contributed by atoms with E-state index in [9.17, 15) is 22.4 Å². The van der Waals surface area contributed by atoms with Crippen LogP contribution in [0.2, 0.25) is 5.02 Å². The van der Waals surface area contributed by atoms with Gasteiger partial charge in [-0.2, -0.15) is 0 Å². The molecule has 2 amide bonds. The number of hydrogen-bond donors (Lipinski definition) is 1. The van der Waals surface area contributed by atoms with Gasteiger partial charge in [0.15, 0.2) is 0 Å². The van der Waals surface area contributed by atoms with Crippen molar-refractivity contribution < 1.29 is 22.4 Å². The summed E-state index contributed by atoms with van der Waals surface area (Å²) in [5, 5.41) is 2.97. The molecule has 0 saturated heterocycles. The quantitative estimate of drug-likeness (QED) is 0.343. The van der Waals surface area contributed by atoms with Crippen LogP contribution >= 0.6 is 11.6 Å². The van der Waals surface area contributed by atoms with Gasteiger partial charge in [0.1, 0.15) is 18.4 Å². The maximum absolute atomic E-state index is 13.8.